The minimum absolute atomic E-state index is 0.381. The van der Waals surface area contributed by atoms with Gasteiger partial charge in [0.05, 0.1) is 0 Å². The van der Waals surface area contributed by atoms with Crippen LogP contribution in [0.25, 0.3) is 11.4 Å². The molecule has 162 valence electrons. The number of nitrogens with zero attached hydrogens (tertiary/aromatic N) is 5. The maximum absolute atomic E-state index is 4.85. The molecule has 5 nitrogen and oxygen atoms in total. The molecule has 2 aromatic rings. The first-order chi connectivity index (χ1) is 13.6. The van der Waals surface area contributed by atoms with E-state index in [1.54, 1.807) is 0 Å². The van der Waals surface area contributed by atoms with Gasteiger partial charge in [-0.05, 0) is 0 Å². The molecule has 0 aliphatic carbocycles. The molecule has 0 saturated heterocycles. The summed E-state index contributed by atoms with van der Waals surface area (Å²) in [6, 6.07) is 11.9. The van der Waals surface area contributed by atoms with Crippen LogP contribution in [0.5, 0.6) is 0 Å². The SMILES string of the molecule is CCn1c(-c2ccccc2)nnc1P(=[Se])(N(C(C)C)C(C)C)N(C(C)C)C(C)C. The average Bonchev–Trinajstić information content (AvgIpc) is 3.05. The second-order valence-electron chi connectivity index (χ2n) is 8.61. The summed E-state index contributed by atoms with van der Waals surface area (Å²) in [5.41, 5.74) is 2.18. The molecule has 0 atom stereocenters. The molecule has 0 bridgehead atoms. The van der Waals surface area contributed by atoms with Crippen molar-refractivity contribution in [2.75, 3.05) is 0 Å². The Bertz CT molecular complexity index is 789. The van der Waals surface area contributed by atoms with Crippen molar-refractivity contribution >= 4 is 26.5 Å². The fraction of sp³-hybridized carbons (Fsp3) is 0.636. The zero-order valence-corrected chi connectivity index (χ0v) is 22.1. The van der Waals surface area contributed by atoms with Crippen molar-refractivity contribution in [2.45, 2.75) is 93.0 Å². The third-order valence-corrected chi connectivity index (χ3v) is 12.4. The van der Waals surface area contributed by atoms with E-state index in [2.05, 4.69) is 116 Å². The predicted octanol–water partition coefficient (Wildman–Crippen LogP) is 4.76. The van der Waals surface area contributed by atoms with E-state index in [0.29, 0.717) is 24.2 Å². The van der Waals surface area contributed by atoms with Crippen molar-refractivity contribution in [3.63, 3.8) is 0 Å². The van der Waals surface area contributed by atoms with Gasteiger partial charge in [-0.15, -0.1) is 0 Å². The van der Waals surface area contributed by atoms with Crippen LogP contribution in [0, 0.1) is 0 Å². The van der Waals surface area contributed by atoms with Crippen LogP contribution in [0.3, 0.4) is 0 Å². The molecule has 0 N–H and O–H groups in total. The Labute approximate surface area is 185 Å². The Kier molecular flexibility index (Phi) is 8.47. The molecule has 0 aliphatic heterocycles. The molecular weight excluding hydrogens is 444 g/mol. The van der Waals surface area contributed by atoms with E-state index < -0.39 is 5.81 Å². The van der Waals surface area contributed by atoms with Crippen LogP contribution < -0.4 is 5.57 Å². The molecule has 0 fully saturated rings. The normalized spacial score (nSPS) is 13.1. The Morgan fingerprint density at radius 2 is 1.28 bits per heavy atom. The van der Waals surface area contributed by atoms with Gasteiger partial charge in [0.2, 0.25) is 0 Å². The first-order valence-corrected chi connectivity index (χ1v) is 14.6. The Hall–Kier alpha value is -0.771. The second kappa shape index (κ2) is 10.0. The molecule has 0 unspecified atom stereocenters. The van der Waals surface area contributed by atoms with Crippen LogP contribution in [0.1, 0.15) is 62.3 Å². The van der Waals surface area contributed by atoms with E-state index in [0.717, 1.165) is 23.5 Å². The molecule has 1 aromatic heterocycles. The van der Waals surface area contributed by atoms with Crippen molar-refractivity contribution in [3.05, 3.63) is 30.3 Å². The molecule has 2 rings (SSSR count). The van der Waals surface area contributed by atoms with Gasteiger partial charge in [0.15, 0.2) is 0 Å². The Morgan fingerprint density at radius 1 is 0.828 bits per heavy atom. The van der Waals surface area contributed by atoms with E-state index in [4.69, 9.17) is 10.2 Å². The van der Waals surface area contributed by atoms with Crippen LogP contribution in [0.4, 0.5) is 0 Å². The van der Waals surface area contributed by atoms with Gasteiger partial charge in [0.1, 0.15) is 0 Å². The number of hydrogen-bond acceptors (Lipinski definition) is 4. The number of hydrogen-bond donors (Lipinski definition) is 0. The van der Waals surface area contributed by atoms with E-state index >= 15 is 0 Å². The van der Waals surface area contributed by atoms with E-state index in [1.165, 1.54) is 0 Å². The molecule has 1 aromatic carbocycles. The monoisotopic (exact) mass is 483 g/mol. The summed E-state index contributed by atoms with van der Waals surface area (Å²) in [6.07, 6.45) is 0. The zero-order valence-electron chi connectivity index (χ0n) is 19.5. The topological polar surface area (TPSA) is 37.2 Å². The third-order valence-electron chi connectivity index (χ3n) is 5.08. The van der Waals surface area contributed by atoms with Gasteiger partial charge in [-0.3, -0.25) is 0 Å². The van der Waals surface area contributed by atoms with Gasteiger partial charge in [0.25, 0.3) is 0 Å². The van der Waals surface area contributed by atoms with E-state index in [1.807, 2.05) is 6.07 Å². The van der Waals surface area contributed by atoms with E-state index in [9.17, 15) is 0 Å². The summed E-state index contributed by atoms with van der Waals surface area (Å²) >= 11 is 3.71. The van der Waals surface area contributed by atoms with Gasteiger partial charge in [-0.2, -0.15) is 0 Å². The molecule has 0 saturated carbocycles. The molecular formula is C22H38N5PSe. The Balaban J connectivity index is 2.83. The summed E-state index contributed by atoms with van der Waals surface area (Å²) in [4.78, 5) is 0. The fourth-order valence-corrected chi connectivity index (χ4v) is 13.8. The molecule has 7 heteroatoms. The fourth-order valence-electron chi connectivity index (χ4n) is 4.37. The molecule has 1 heterocycles. The van der Waals surface area contributed by atoms with Gasteiger partial charge in [0, 0.05) is 0 Å². The van der Waals surface area contributed by atoms with Gasteiger partial charge in [-0.25, -0.2) is 0 Å². The minimum atomic E-state index is -2.09. The number of rotatable bonds is 9. The summed E-state index contributed by atoms with van der Waals surface area (Å²) in [6.45, 7) is 21.3. The van der Waals surface area contributed by atoms with Gasteiger partial charge < -0.3 is 0 Å². The van der Waals surface area contributed by atoms with Crippen LogP contribution in [0.2, 0.25) is 0 Å². The van der Waals surface area contributed by atoms with Crippen molar-refractivity contribution in [1.29, 1.82) is 0 Å². The second-order valence-corrected chi connectivity index (χ2v) is 14.2. The number of aromatic nitrogens is 3. The van der Waals surface area contributed by atoms with Crippen LogP contribution in [-0.2, 0) is 6.54 Å². The maximum atomic E-state index is 4.85. The van der Waals surface area contributed by atoms with Gasteiger partial charge >= 0.3 is 185 Å². The number of benzene rings is 1. The van der Waals surface area contributed by atoms with Crippen molar-refractivity contribution < 1.29 is 0 Å². The molecule has 0 spiro atoms. The molecule has 0 amide bonds. The first-order valence-electron chi connectivity index (χ1n) is 10.7. The summed E-state index contributed by atoms with van der Waals surface area (Å²) in [7, 11) is 0. The Morgan fingerprint density at radius 3 is 1.66 bits per heavy atom. The van der Waals surface area contributed by atoms with Gasteiger partial charge in [-0.1, -0.05) is 0 Å². The summed E-state index contributed by atoms with van der Waals surface area (Å²) in [5, 5.41) is 9.55. The summed E-state index contributed by atoms with van der Waals surface area (Å²) < 4.78 is 7.59. The average molecular weight is 483 g/mol. The van der Waals surface area contributed by atoms with Crippen LogP contribution in [0.15, 0.2) is 30.3 Å². The van der Waals surface area contributed by atoms with Crippen molar-refractivity contribution in [2.24, 2.45) is 0 Å². The van der Waals surface area contributed by atoms with Crippen molar-refractivity contribution in [3.8, 4) is 11.4 Å². The predicted molar refractivity (Wildman–Crippen MR) is 128 cm³/mol. The third kappa shape index (κ3) is 4.78. The quantitative estimate of drug-likeness (QED) is 0.382. The van der Waals surface area contributed by atoms with Crippen molar-refractivity contribution in [1.82, 2.24) is 24.1 Å². The zero-order chi connectivity index (χ0) is 21.9. The van der Waals surface area contributed by atoms with Crippen LogP contribution in [-0.4, -0.2) is 63.4 Å². The molecule has 0 aliphatic rings. The summed E-state index contributed by atoms with van der Waals surface area (Å²) in [5.74, 6) is -1.14. The molecule has 29 heavy (non-hydrogen) atoms. The first kappa shape index (κ1) is 24.5. The molecule has 0 radical (unpaired) electrons. The standard InChI is InChI=1S/C22H38N5PSe/c1-10-25-21(20-14-12-11-13-15-20)23-24-22(25)28(29,26(16(2)3)17(4)5)27(18(6)7)19(8)9/h11-19H,10H2,1-9H3. The van der Waals surface area contributed by atoms with Crippen LogP contribution >= 0.6 is 5.81 Å². The van der Waals surface area contributed by atoms with E-state index in [-0.39, 0.29) is 0 Å².